The maximum absolute atomic E-state index is 5.49. The van der Waals surface area contributed by atoms with Gasteiger partial charge in [-0.2, -0.15) is 0 Å². The summed E-state index contributed by atoms with van der Waals surface area (Å²) in [7, 11) is 0. The highest BCUT2D eigenvalue weighted by molar-refractivity contribution is 9.10. The smallest absolute Gasteiger partial charge is 0.121 e. The van der Waals surface area contributed by atoms with E-state index < -0.39 is 0 Å². The molecule has 1 N–H and O–H groups in total. The molecule has 1 nitrogen and oxygen atoms in total. The van der Waals surface area contributed by atoms with Gasteiger partial charge in [0.05, 0.1) is 10.7 Å². The van der Waals surface area contributed by atoms with E-state index in [0.717, 1.165) is 4.47 Å². The van der Waals surface area contributed by atoms with Gasteiger partial charge in [-0.1, -0.05) is 11.6 Å². The molecule has 0 fully saturated rings. The molecule has 0 amide bonds. The van der Waals surface area contributed by atoms with Gasteiger partial charge in [-0.05, 0) is 22.0 Å². The first-order chi connectivity index (χ1) is 3.30. The predicted octanol–water partition coefficient (Wildman–Crippen LogP) is 2.23. The third kappa shape index (κ3) is 0.983. The van der Waals surface area contributed by atoms with Crippen molar-refractivity contribution in [1.82, 2.24) is 4.98 Å². The normalized spacial score (nSPS) is 9.43. The molecule has 0 unspecified atom stereocenters. The van der Waals surface area contributed by atoms with Gasteiger partial charge in [0.25, 0.3) is 0 Å². The Bertz CT molecular complexity index is 144. The summed E-state index contributed by atoms with van der Waals surface area (Å²) >= 11 is 8.66. The van der Waals surface area contributed by atoms with Crippen LogP contribution in [0.15, 0.2) is 10.5 Å². The molecule has 0 bridgehead atoms. The molecule has 1 radical (unpaired) electrons. The van der Waals surface area contributed by atoms with E-state index in [1.807, 2.05) is 0 Å². The second-order valence-electron chi connectivity index (χ2n) is 1.08. The highest BCUT2D eigenvalue weighted by Crippen LogP contribution is 2.18. The fourth-order valence-corrected chi connectivity index (χ4v) is 0.609. The van der Waals surface area contributed by atoms with Gasteiger partial charge in [-0.25, -0.2) is 0 Å². The summed E-state index contributed by atoms with van der Waals surface area (Å²) < 4.78 is 0.856. The van der Waals surface area contributed by atoms with Gasteiger partial charge in [0, 0.05) is 0 Å². The molecule has 3 heteroatoms. The lowest BCUT2D eigenvalue weighted by Gasteiger charge is -1.75. The quantitative estimate of drug-likeness (QED) is 0.629. The van der Waals surface area contributed by atoms with Gasteiger partial charge in [-0.15, -0.1) is 0 Å². The van der Waals surface area contributed by atoms with E-state index in [1.165, 1.54) is 0 Å². The Morgan fingerprint density at radius 2 is 2.57 bits per heavy atom. The highest BCUT2D eigenvalue weighted by Gasteiger charge is 1.91. The number of nitrogens with one attached hydrogen (secondary N) is 1. The molecule has 0 aliphatic carbocycles. The fraction of sp³-hybridized carbons (Fsp3) is 0. The maximum Gasteiger partial charge on any atom is 0.121 e. The first kappa shape index (κ1) is 5.19. The monoisotopic (exact) mass is 178 g/mol. The van der Waals surface area contributed by atoms with Crippen molar-refractivity contribution in [2.45, 2.75) is 0 Å². The van der Waals surface area contributed by atoms with Gasteiger partial charge in [0.2, 0.25) is 0 Å². The van der Waals surface area contributed by atoms with Gasteiger partial charge >= 0.3 is 0 Å². The van der Waals surface area contributed by atoms with E-state index in [9.17, 15) is 0 Å². The lowest BCUT2D eigenvalue weighted by atomic mass is 10.7. The third-order valence-electron chi connectivity index (χ3n) is 0.590. The van der Waals surface area contributed by atoms with Crippen molar-refractivity contribution >= 4 is 27.5 Å². The van der Waals surface area contributed by atoms with Crippen LogP contribution >= 0.6 is 27.5 Å². The number of hydrogen-bond acceptors (Lipinski definition) is 0. The van der Waals surface area contributed by atoms with Crippen molar-refractivity contribution in [3.63, 3.8) is 0 Å². The molecule has 0 saturated carbocycles. The Kier molecular flexibility index (Phi) is 1.40. The molecular weight excluding hydrogens is 177 g/mol. The van der Waals surface area contributed by atoms with E-state index in [0.29, 0.717) is 5.15 Å². The van der Waals surface area contributed by atoms with Crippen LogP contribution in [0.2, 0.25) is 5.15 Å². The van der Waals surface area contributed by atoms with E-state index in [4.69, 9.17) is 11.6 Å². The Morgan fingerprint density at radius 3 is 2.71 bits per heavy atom. The number of aromatic amines is 1. The number of H-pyrrole nitrogens is 1. The molecule has 0 aliphatic heterocycles. The Hall–Kier alpha value is 0.0500. The van der Waals surface area contributed by atoms with Crippen molar-refractivity contribution in [3.8, 4) is 0 Å². The van der Waals surface area contributed by atoms with Crippen LogP contribution in [0.1, 0.15) is 0 Å². The third-order valence-corrected chi connectivity index (χ3v) is 1.74. The number of aromatic nitrogens is 1. The van der Waals surface area contributed by atoms with Crippen LogP contribution < -0.4 is 0 Å². The van der Waals surface area contributed by atoms with Gasteiger partial charge < -0.3 is 4.98 Å². The molecule has 0 spiro atoms. The fourth-order valence-electron chi connectivity index (χ4n) is 0.286. The molecule has 1 aromatic heterocycles. The lowest BCUT2D eigenvalue weighted by molar-refractivity contribution is 1.39. The summed E-state index contributed by atoms with van der Waals surface area (Å²) in [5.74, 6) is 0. The molecule has 0 atom stereocenters. The van der Waals surface area contributed by atoms with Gasteiger partial charge in [0.15, 0.2) is 0 Å². The summed E-state index contributed by atoms with van der Waals surface area (Å²) in [5.41, 5.74) is 0. The second-order valence-corrected chi connectivity index (χ2v) is 2.31. The van der Waals surface area contributed by atoms with Gasteiger partial charge in [-0.3, -0.25) is 0 Å². The van der Waals surface area contributed by atoms with Crippen molar-refractivity contribution in [2.24, 2.45) is 0 Å². The molecule has 0 aliphatic rings. The summed E-state index contributed by atoms with van der Waals surface area (Å²) in [4.78, 5) is 2.66. The summed E-state index contributed by atoms with van der Waals surface area (Å²) in [6.07, 6.45) is 2.69. The Morgan fingerprint density at radius 1 is 1.86 bits per heavy atom. The molecule has 1 aromatic rings. The number of halogens is 2. The number of rotatable bonds is 0. The number of hydrogen-bond donors (Lipinski definition) is 1. The zero-order valence-corrected chi connectivity index (χ0v) is 5.68. The average molecular weight is 179 g/mol. The van der Waals surface area contributed by atoms with E-state index in [-0.39, 0.29) is 0 Å². The Labute approximate surface area is 54.8 Å². The van der Waals surface area contributed by atoms with Crippen LogP contribution in [-0.2, 0) is 0 Å². The minimum Gasteiger partial charge on any atom is -0.343 e. The van der Waals surface area contributed by atoms with E-state index in [2.05, 4.69) is 27.1 Å². The average Bonchev–Trinajstić information content (AvgIpc) is 1.91. The summed E-state index contributed by atoms with van der Waals surface area (Å²) in [5, 5.41) is 0.597. The molecule has 1 heterocycles. The predicted molar refractivity (Wildman–Crippen MR) is 32.3 cm³/mol. The van der Waals surface area contributed by atoms with E-state index >= 15 is 0 Å². The van der Waals surface area contributed by atoms with Crippen LogP contribution in [0.4, 0.5) is 0 Å². The zero-order valence-electron chi connectivity index (χ0n) is 3.33. The molecule has 0 aromatic carbocycles. The minimum atomic E-state index is 0.597. The van der Waals surface area contributed by atoms with Crippen molar-refractivity contribution in [2.75, 3.05) is 0 Å². The second kappa shape index (κ2) is 1.88. The van der Waals surface area contributed by atoms with Crippen molar-refractivity contribution in [3.05, 3.63) is 21.9 Å². The standard InChI is InChI=1S/C4H2BrClN/c5-3-1-2-7-4(3)6/h1,7H. The first-order valence-electron chi connectivity index (χ1n) is 1.71. The zero-order chi connectivity index (χ0) is 5.28. The maximum atomic E-state index is 5.49. The van der Waals surface area contributed by atoms with Crippen LogP contribution in [-0.4, -0.2) is 4.98 Å². The minimum absolute atomic E-state index is 0.597. The van der Waals surface area contributed by atoms with Crippen molar-refractivity contribution < 1.29 is 0 Å². The Balaban J connectivity index is 3.12. The van der Waals surface area contributed by atoms with Crippen molar-refractivity contribution in [1.29, 1.82) is 0 Å². The van der Waals surface area contributed by atoms with Crippen LogP contribution in [0.5, 0.6) is 0 Å². The largest absolute Gasteiger partial charge is 0.343 e. The SMILES string of the molecule is Clc1[nH][c]cc1Br. The van der Waals surface area contributed by atoms with Crippen LogP contribution in [0.3, 0.4) is 0 Å². The highest BCUT2D eigenvalue weighted by atomic mass is 79.9. The molecule has 1 rings (SSSR count). The van der Waals surface area contributed by atoms with Gasteiger partial charge in [0.1, 0.15) is 5.15 Å². The summed E-state index contributed by atoms with van der Waals surface area (Å²) in [6, 6.07) is 1.72. The molecule has 7 heavy (non-hydrogen) atoms. The lowest BCUT2D eigenvalue weighted by Crippen LogP contribution is -1.54. The molecule has 0 saturated heterocycles. The van der Waals surface area contributed by atoms with Crippen LogP contribution in [0, 0.1) is 6.20 Å². The van der Waals surface area contributed by atoms with Crippen LogP contribution in [0.25, 0.3) is 0 Å². The molecule has 37 valence electrons. The van der Waals surface area contributed by atoms with E-state index in [1.54, 1.807) is 6.07 Å². The summed E-state index contributed by atoms with van der Waals surface area (Å²) in [6.45, 7) is 0. The molecular formula is C4H2BrClN. The topological polar surface area (TPSA) is 15.8 Å². The first-order valence-corrected chi connectivity index (χ1v) is 2.88.